The molecule has 0 unspecified atom stereocenters. The molecule has 0 aliphatic heterocycles. The number of nitrogens with zero attached hydrogens (tertiary/aromatic N) is 2. The van der Waals surface area contributed by atoms with Crippen LogP contribution in [0.3, 0.4) is 0 Å². The van der Waals surface area contributed by atoms with Gasteiger partial charge in [0.2, 0.25) is 5.91 Å². The number of fused-ring (bicyclic) bond motifs is 1. The number of hydrogen-bond donors (Lipinski definition) is 2. The van der Waals surface area contributed by atoms with Crippen molar-refractivity contribution in [1.29, 1.82) is 0 Å². The molecule has 0 saturated heterocycles. The van der Waals surface area contributed by atoms with Crippen molar-refractivity contribution in [2.75, 3.05) is 10.6 Å². The number of anilines is 2. The van der Waals surface area contributed by atoms with Crippen LogP contribution in [-0.4, -0.2) is 21.6 Å². The van der Waals surface area contributed by atoms with Crippen LogP contribution in [0.4, 0.5) is 11.4 Å². The van der Waals surface area contributed by atoms with E-state index in [1.54, 1.807) is 66.7 Å². The Bertz CT molecular complexity index is 1330. The van der Waals surface area contributed by atoms with E-state index in [9.17, 15) is 14.4 Å². The first kappa shape index (κ1) is 20.3. The van der Waals surface area contributed by atoms with Gasteiger partial charge in [0.25, 0.3) is 11.5 Å². The Hall–Kier alpha value is -3.97. The van der Waals surface area contributed by atoms with Gasteiger partial charge in [-0.15, -0.1) is 0 Å². The molecule has 0 bridgehead atoms. The standard InChI is InChI=1S/C23H17ClN4O3/c24-16-9-11-17(12-10-16)26-22(30)19-7-3-4-8-20(19)27-21(29)14-28-23(31)18-6-2-1-5-15(18)13-25-28/h1-13H,14H2,(H,26,30)(H,27,29). The summed E-state index contributed by atoms with van der Waals surface area (Å²) in [5.41, 5.74) is 0.821. The van der Waals surface area contributed by atoms with E-state index in [1.807, 2.05) is 6.07 Å². The molecule has 0 aliphatic carbocycles. The first-order valence-electron chi connectivity index (χ1n) is 9.42. The van der Waals surface area contributed by atoms with Gasteiger partial charge >= 0.3 is 0 Å². The van der Waals surface area contributed by atoms with Crippen LogP contribution in [-0.2, 0) is 11.3 Å². The summed E-state index contributed by atoms with van der Waals surface area (Å²) < 4.78 is 1.09. The number of carbonyl (C=O) groups is 2. The van der Waals surface area contributed by atoms with Crippen LogP contribution in [0.5, 0.6) is 0 Å². The highest BCUT2D eigenvalue weighted by Crippen LogP contribution is 2.19. The molecule has 2 N–H and O–H groups in total. The number of halogens is 1. The molecule has 4 aromatic rings. The summed E-state index contributed by atoms with van der Waals surface area (Å²) in [5.74, 6) is -0.865. The van der Waals surface area contributed by atoms with Crippen LogP contribution in [0.25, 0.3) is 10.8 Å². The Kier molecular flexibility index (Phi) is 5.77. The molecule has 0 radical (unpaired) electrons. The van der Waals surface area contributed by atoms with Gasteiger partial charge in [-0.3, -0.25) is 14.4 Å². The van der Waals surface area contributed by atoms with Gasteiger partial charge < -0.3 is 10.6 Å². The quantitative estimate of drug-likeness (QED) is 0.499. The Morgan fingerprint density at radius 3 is 2.42 bits per heavy atom. The van der Waals surface area contributed by atoms with E-state index >= 15 is 0 Å². The molecule has 0 atom stereocenters. The van der Waals surface area contributed by atoms with Gasteiger partial charge in [-0.1, -0.05) is 41.9 Å². The zero-order valence-corrected chi connectivity index (χ0v) is 17.0. The molecular formula is C23H17ClN4O3. The summed E-state index contributed by atoms with van der Waals surface area (Å²) in [6.07, 6.45) is 1.54. The molecule has 1 aromatic heterocycles. The molecule has 0 saturated carbocycles. The van der Waals surface area contributed by atoms with Crippen molar-refractivity contribution in [3.05, 3.63) is 99.9 Å². The third-order valence-corrected chi connectivity index (χ3v) is 4.86. The SMILES string of the molecule is O=C(Cn1ncc2ccccc2c1=O)Nc1ccccc1C(=O)Nc1ccc(Cl)cc1. The average Bonchev–Trinajstić information content (AvgIpc) is 2.78. The lowest BCUT2D eigenvalue weighted by atomic mass is 10.1. The Balaban J connectivity index is 1.51. The zero-order valence-electron chi connectivity index (χ0n) is 16.2. The lowest BCUT2D eigenvalue weighted by Gasteiger charge is -2.12. The van der Waals surface area contributed by atoms with Crippen molar-refractivity contribution in [2.45, 2.75) is 6.54 Å². The molecule has 31 heavy (non-hydrogen) atoms. The summed E-state index contributed by atoms with van der Waals surface area (Å²) in [5, 5.41) is 11.3. The molecule has 0 fully saturated rings. The number of hydrogen-bond acceptors (Lipinski definition) is 4. The molecule has 8 heteroatoms. The number of aromatic nitrogens is 2. The molecule has 2 amide bonds. The van der Waals surface area contributed by atoms with Crippen molar-refractivity contribution < 1.29 is 9.59 Å². The number of nitrogens with one attached hydrogen (secondary N) is 2. The van der Waals surface area contributed by atoms with Crippen molar-refractivity contribution >= 4 is 45.6 Å². The van der Waals surface area contributed by atoms with Gasteiger partial charge in [-0.25, -0.2) is 4.68 Å². The van der Waals surface area contributed by atoms with Crippen LogP contribution < -0.4 is 16.2 Å². The van der Waals surface area contributed by atoms with Crippen molar-refractivity contribution in [3.8, 4) is 0 Å². The summed E-state index contributed by atoms with van der Waals surface area (Å²) in [4.78, 5) is 37.8. The minimum Gasteiger partial charge on any atom is -0.324 e. The maximum atomic E-state index is 12.7. The highest BCUT2D eigenvalue weighted by molar-refractivity contribution is 6.30. The second-order valence-electron chi connectivity index (χ2n) is 6.75. The second-order valence-corrected chi connectivity index (χ2v) is 7.19. The van der Waals surface area contributed by atoms with Gasteiger partial charge in [0.15, 0.2) is 0 Å². The van der Waals surface area contributed by atoms with E-state index in [1.165, 1.54) is 6.20 Å². The number of benzene rings is 3. The third-order valence-electron chi connectivity index (χ3n) is 4.60. The molecule has 1 heterocycles. The lowest BCUT2D eigenvalue weighted by molar-refractivity contribution is -0.117. The van der Waals surface area contributed by atoms with Crippen molar-refractivity contribution in [1.82, 2.24) is 9.78 Å². The molecule has 3 aromatic carbocycles. The minimum atomic E-state index is -0.475. The van der Waals surface area contributed by atoms with E-state index in [2.05, 4.69) is 15.7 Å². The van der Waals surface area contributed by atoms with Crippen LogP contribution in [0.1, 0.15) is 10.4 Å². The summed E-state index contributed by atoms with van der Waals surface area (Å²) in [6, 6.07) is 20.3. The maximum absolute atomic E-state index is 12.7. The van der Waals surface area contributed by atoms with E-state index in [-0.39, 0.29) is 23.6 Å². The van der Waals surface area contributed by atoms with Crippen molar-refractivity contribution in [3.63, 3.8) is 0 Å². The Morgan fingerprint density at radius 1 is 0.903 bits per heavy atom. The van der Waals surface area contributed by atoms with Crippen LogP contribution in [0, 0.1) is 0 Å². The molecule has 0 aliphatic rings. The molecular weight excluding hydrogens is 416 g/mol. The fourth-order valence-electron chi connectivity index (χ4n) is 3.09. The highest BCUT2D eigenvalue weighted by Gasteiger charge is 2.15. The largest absolute Gasteiger partial charge is 0.324 e. The summed E-state index contributed by atoms with van der Waals surface area (Å²) >= 11 is 5.87. The zero-order chi connectivity index (χ0) is 21.8. The number of amides is 2. The van der Waals surface area contributed by atoms with E-state index in [0.29, 0.717) is 27.2 Å². The van der Waals surface area contributed by atoms with Gasteiger partial charge in [0.1, 0.15) is 6.54 Å². The predicted octanol–water partition coefficient (Wildman–Crippen LogP) is 3.94. The molecule has 154 valence electrons. The lowest BCUT2D eigenvalue weighted by Crippen LogP contribution is -2.30. The van der Waals surface area contributed by atoms with Crippen LogP contribution >= 0.6 is 11.6 Å². The Morgan fingerprint density at radius 2 is 1.61 bits per heavy atom. The van der Waals surface area contributed by atoms with Crippen LogP contribution in [0.2, 0.25) is 5.02 Å². The number of carbonyl (C=O) groups excluding carboxylic acids is 2. The van der Waals surface area contributed by atoms with E-state index in [4.69, 9.17) is 11.6 Å². The van der Waals surface area contributed by atoms with Gasteiger partial charge in [-0.2, -0.15) is 5.10 Å². The summed E-state index contributed by atoms with van der Waals surface area (Å²) in [7, 11) is 0. The van der Waals surface area contributed by atoms with Crippen molar-refractivity contribution in [2.24, 2.45) is 0 Å². The van der Waals surface area contributed by atoms with E-state index in [0.717, 1.165) is 4.68 Å². The monoisotopic (exact) mass is 432 g/mol. The maximum Gasteiger partial charge on any atom is 0.275 e. The minimum absolute atomic E-state index is 0.281. The number of rotatable bonds is 5. The second kappa shape index (κ2) is 8.81. The molecule has 0 spiro atoms. The van der Waals surface area contributed by atoms with E-state index < -0.39 is 5.91 Å². The predicted molar refractivity (Wildman–Crippen MR) is 120 cm³/mol. The molecule has 7 nitrogen and oxygen atoms in total. The fraction of sp³-hybridized carbons (Fsp3) is 0.0435. The average molecular weight is 433 g/mol. The number of para-hydroxylation sites is 1. The van der Waals surface area contributed by atoms with Crippen LogP contribution in [0.15, 0.2) is 83.8 Å². The Labute approximate surface area is 182 Å². The first-order chi connectivity index (χ1) is 15.0. The highest BCUT2D eigenvalue weighted by atomic mass is 35.5. The van der Waals surface area contributed by atoms with Gasteiger partial charge in [0, 0.05) is 16.1 Å². The smallest absolute Gasteiger partial charge is 0.275 e. The fourth-order valence-corrected chi connectivity index (χ4v) is 3.21. The molecule has 4 rings (SSSR count). The van der Waals surface area contributed by atoms with Gasteiger partial charge in [0.05, 0.1) is 22.8 Å². The summed E-state index contributed by atoms with van der Waals surface area (Å²) in [6.45, 7) is -0.281. The normalized spacial score (nSPS) is 10.6. The third kappa shape index (κ3) is 4.62. The van der Waals surface area contributed by atoms with Gasteiger partial charge in [-0.05, 0) is 42.5 Å². The first-order valence-corrected chi connectivity index (χ1v) is 9.80. The topological polar surface area (TPSA) is 93.1 Å².